The number of aromatic nitrogens is 1. The van der Waals surface area contributed by atoms with E-state index in [-0.39, 0.29) is 11.1 Å². The second-order valence-electron chi connectivity index (χ2n) is 6.62. The standard InChI is InChI=1S/C15H21ClF3N3O/c1-10-8-21(9-14(2,3)23)4-5-22(10)13-12(16)6-11(7-20-13)15(17,18)19/h6-7,10,23H,4-5,8-9H2,1-3H3. The Morgan fingerprint density at radius 2 is 2.00 bits per heavy atom. The lowest BCUT2D eigenvalue weighted by atomic mass is 10.1. The Hall–Kier alpha value is -1.05. The molecule has 130 valence electrons. The average molecular weight is 352 g/mol. The van der Waals surface area contributed by atoms with Gasteiger partial charge in [0.1, 0.15) is 5.82 Å². The second-order valence-corrected chi connectivity index (χ2v) is 7.02. The molecule has 1 aliphatic heterocycles. The van der Waals surface area contributed by atoms with Crippen molar-refractivity contribution < 1.29 is 18.3 Å². The van der Waals surface area contributed by atoms with Crippen molar-refractivity contribution in [3.05, 3.63) is 22.8 Å². The highest BCUT2D eigenvalue weighted by Gasteiger charge is 2.33. The van der Waals surface area contributed by atoms with E-state index in [0.717, 1.165) is 12.3 Å². The van der Waals surface area contributed by atoms with Crippen LogP contribution < -0.4 is 4.90 Å². The van der Waals surface area contributed by atoms with Crippen LogP contribution in [0.3, 0.4) is 0 Å². The lowest BCUT2D eigenvalue weighted by molar-refractivity contribution is -0.137. The molecule has 0 radical (unpaired) electrons. The third-order valence-electron chi connectivity index (χ3n) is 3.74. The summed E-state index contributed by atoms with van der Waals surface area (Å²) in [7, 11) is 0. The molecule has 2 heterocycles. The Balaban J connectivity index is 2.12. The zero-order chi connectivity index (χ0) is 17.4. The third kappa shape index (κ3) is 4.71. The van der Waals surface area contributed by atoms with Gasteiger partial charge in [-0.1, -0.05) is 11.6 Å². The number of nitrogens with zero attached hydrogens (tertiary/aromatic N) is 3. The molecule has 8 heteroatoms. The van der Waals surface area contributed by atoms with E-state index in [0.29, 0.717) is 32.0 Å². The van der Waals surface area contributed by atoms with Gasteiger partial charge in [0.25, 0.3) is 0 Å². The van der Waals surface area contributed by atoms with Crippen LogP contribution in [0.15, 0.2) is 12.3 Å². The number of anilines is 1. The number of hydrogen-bond donors (Lipinski definition) is 1. The van der Waals surface area contributed by atoms with Gasteiger partial charge in [-0.05, 0) is 26.8 Å². The monoisotopic (exact) mass is 351 g/mol. The molecule has 0 spiro atoms. The zero-order valence-corrected chi connectivity index (χ0v) is 14.1. The first-order valence-electron chi connectivity index (χ1n) is 7.41. The van der Waals surface area contributed by atoms with Crippen molar-refractivity contribution in [2.45, 2.75) is 38.6 Å². The molecule has 0 aromatic carbocycles. The fraction of sp³-hybridized carbons (Fsp3) is 0.667. The maximum atomic E-state index is 12.7. The average Bonchev–Trinajstić information content (AvgIpc) is 2.36. The largest absolute Gasteiger partial charge is 0.417 e. The number of β-amino-alcohol motifs (C(OH)–C–C–N with tert-alkyl or cyclic N) is 1. The van der Waals surface area contributed by atoms with E-state index in [1.165, 1.54) is 0 Å². The molecule has 2 rings (SSSR count). The Kier molecular flexibility index (Phi) is 5.13. The Labute approximate surface area is 138 Å². The van der Waals surface area contributed by atoms with Crippen molar-refractivity contribution in [1.82, 2.24) is 9.88 Å². The summed E-state index contributed by atoms with van der Waals surface area (Å²) in [6.45, 7) is 7.97. The number of alkyl halides is 3. The molecule has 4 nitrogen and oxygen atoms in total. The quantitative estimate of drug-likeness (QED) is 0.908. The van der Waals surface area contributed by atoms with Gasteiger partial charge in [0.05, 0.1) is 16.2 Å². The zero-order valence-electron chi connectivity index (χ0n) is 13.4. The van der Waals surface area contributed by atoms with Crippen LogP contribution in [-0.2, 0) is 6.18 Å². The number of aliphatic hydroxyl groups is 1. The predicted octanol–water partition coefficient (Wildman–Crippen LogP) is 3.04. The SMILES string of the molecule is CC1CN(CC(C)(C)O)CCN1c1ncc(C(F)(F)F)cc1Cl. The van der Waals surface area contributed by atoms with Gasteiger partial charge in [0, 0.05) is 38.4 Å². The van der Waals surface area contributed by atoms with Gasteiger partial charge >= 0.3 is 6.18 Å². The van der Waals surface area contributed by atoms with Crippen LogP contribution in [0.25, 0.3) is 0 Å². The van der Waals surface area contributed by atoms with Crippen LogP contribution in [0.4, 0.5) is 19.0 Å². The van der Waals surface area contributed by atoms with E-state index < -0.39 is 17.3 Å². The smallest absolute Gasteiger partial charge is 0.389 e. The Bertz CT molecular complexity index is 560. The summed E-state index contributed by atoms with van der Waals surface area (Å²) in [5.74, 6) is 0.370. The molecule has 1 fully saturated rings. The summed E-state index contributed by atoms with van der Waals surface area (Å²) in [4.78, 5) is 7.95. The highest BCUT2D eigenvalue weighted by molar-refractivity contribution is 6.33. The summed E-state index contributed by atoms with van der Waals surface area (Å²) in [5.41, 5.74) is -1.63. The van der Waals surface area contributed by atoms with E-state index in [4.69, 9.17) is 11.6 Å². The molecule has 0 aliphatic carbocycles. The minimum absolute atomic E-state index is 0.00242. The van der Waals surface area contributed by atoms with E-state index in [9.17, 15) is 18.3 Å². The number of piperazine rings is 1. The fourth-order valence-electron chi connectivity index (χ4n) is 2.84. The summed E-state index contributed by atoms with van der Waals surface area (Å²) in [6, 6.07) is 0.952. The topological polar surface area (TPSA) is 39.6 Å². The van der Waals surface area contributed by atoms with Gasteiger partial charge in [0.2, 0.25) is 0 Å². The van der Waals surface area contributed by atoms with Crippen LogP contribution in [0.1, 0.15) is 26.3 Å². The maximum Gasteiger partial charge on any atom is 0.417 e. The van der Waals surface area contributed by atoms with Crippen molar-refractivity contribution in [3.8, 4) is 0 Å². The van der Waals surface area contributed by atoms with Crippen LogP contribution >= 0.6 is 11.6 Å². The van der Waals surface area contributed by atoms with Gasteiger partial charge in [-0.3, -0.25) is 4.90 Å². The number of hydrogen-bond acceptors (Lipinski definition) is 4. The van der Waals surface area contributed by atoms with Gasteiger partial charge < -0.3 is 10.0 Å². The minimum atomic E-state index is -4.45. The Morgan fingerprint density at radius 3 is 2.48 bits per heavy atom. The van der Waals surface area contributed by atoms with Crippen molar-refractivity contribution in [2.24, 2.45) is 0 Å². The molecule has 1 saturated heterocycles. The number of rotatable bonds is 3. The first-order chi connectivity index (χ1) is 10.5. The normalized spacial score (nSPS) is 20.9. The summed E-state index contributed by atoms with van der Waals surface area (Å²) >= 11 is 6.02. The van der Waals surface area contributed by atoms with Gasteiger partial charge in [-0.2, -0.15) is 13.2 Å². The van der Waals surface area contributed by atoms with Crippen LogP contribution in [0, 0.1) is 0 Å². The molecule has 1 aromatic heterocycles. The molecule has 0 saturated carbocycles. The van der Waals surface area contributed by atoms with E-state index >= 15 is 0 Å². The summed E-state index contributed by atoms with van der Waals surface area (Å²) in [5, 5.41) is 9.90. The second kappa shape index (κ2) is 6.45. The number of pyridine rings is 1. The molecule has 1 aromatic rings. The van der Waals surface area contributed by atoms with Gasteiger partial charge in [-0.15, -0.1) is 0 Å². The van der Waals surface area contributed by atoms with Gasteiger partial charge in [0.15, 0.2) is 0 Å². The van der Waals surface area contributed by atoms with E-state index in [1.54, 1.807) is 13.8 Å². The lowest BCUT2D eigenvalue weighted by Crippen LogP contribution is -2.55. The highest BCUT2D eigenvalue weighted by atomic mass is 35.5. The minimum Gasteiger partial charge on any atom is -0.389 e. The first kappa shape index (κ1) is 18.3. The lowest BCUT2D eigenvalue weighted by Gasteiger charge is -2.42. The van der Waals surface area contributed by atoms with Crippen LogP contribution in [0.5, 0.6) is 0 Å². The molecule has 0 bridgehead atoms. The van der Waals surface area contributed by atoms with E-state index in [1.807, 2.05) is 11.8 Å². The maximum absolute atomic E-state index is 12.7. The molecule has 1 atom stereocenters. The highest BCUT2D eigenvalue weighted by Crippen LogP contribution is 2.34. The molecular weight excluding hydrogens is 331 g/mol. The molecule has 1 unspecified atom stereocenters. The third-order valence-corrected chi connectivity index (χ3v) is 4.02. The predicted molar refractivity (Wildman–Crippen MR) is 83.8 cm³/mol. The van der Waals surface area contributed by atoms with Crippen LogP contribution in [0.2, 0.25) is 5.02 Å². The first-order valence-corrected chi connectivity index (χ1v) is 7.79. The van der Waals surface area contributed by atoms with Crippen LogP contribution in [-0.4, -0.2) is 52.8 Å². The molecule has 23 heavy (non-hydrogen) atoms. The fourth-order valence-corrected chi connectivity index (χ4v) is 3.11. The van der Waals surface area contributed by atoms with Gasteiger partial charge in [-0.25, -0.2) is 4.98 Å². The summed E-state index contributed by atoms with van der Waals surface area (Å²) < 4.78 is 38.1. The van der Waals surface area contributed by atoms with Crippen molar-refractivity contribution in [2.75, 3.05) is 31.1 Å². The molecule has 0 amide bonds. The van der Waals surface area contributed by atoms with Crippen molar-refractivity contribution >= 4 is 17.4 Å². The molecule has 1 aliphatic rings. The van der Waals surface area contributed by atoms with E-state index in [2.05, 4.69) is 9.88 Å². The Morgan fingerprint density at radius 1 is 1.35 bits per heavy atom. The van der Waals surface area contributed by atoms with Crippen molar-refractivity contribution in [1.29, 1.82) is 0 Å². The molecule has 1 N–H and O–H groups in total. The van der Waals surface area contributed by atoms with Crippen molar-refractivity contribution in [3.63, 3.8) is 0 Å². The molecular formula is C15H21ClF3N3O. The summed E-state index contributed by atoms with van der Waals surface area (Å²) in [6.07, 6.45) is -3.64. The number of halogens is 4.